The zero-order valence-electron chi connectivity index (χ0n) is 3.73. The highest BCUT2D eigenvalue weighted by molar-refractivity contribution is 6.29. The van der Waals surface area contributed by atoms with Gasteiger partial charge in [0.05, 0.1) is 6.20 Å². The van der Waals surface area contributed by atoms with Crippen molar-refractivity contribution in [2.75, 3.05) is 0 Å². The quantitative estimate of drug-likeness (QED) is 0.389. The van der Waals surface area contributed by atoms with Crippen LogP contribution in [0.1, 0.15) is 0 Å². The zero-order chi connectivity index (χ0) is 5.98. The van der Waals surface area contributed by atoms with Crippen LogP contribution >= 0.6 is 11.6 Å². The number of rotatable bonds is 0. The highest BCUT2D eigenvalue weighted by Crippen LogP contribution is 1.99. The molecular weight excluding hydrogens is 131 g/mol. The lowest BCUT2D eigenvalue weighted by Crippen LogP contribution is -1.85. The Hall–Kier alpha value is -0.700. The molecule has 1 radical (unpaired) electrons. The molecule has 0 unspecified atom stereocenters. The van der Waals surface area contributed by atoms with Gasteiger partial charge in [0.25, 0.3) is 0 Å². The van der Waals surface area contributed by atoms with E-state index in [0.29, 0.717) is 0 Å². The van der Waals surface area contributed by atoms with Gasteiger partial charge in [-0.1, -0.05) is 11.6 Å². The molecule has 0 atom stereocenters. The molecule has 8 heavy (non-hydrogen) atoms. The van der Waals surface area contributed by atoms with Crippen molar-refractivity contribution in [1.82, 2.24) is 9.97 Å². The molecule has 0 saturated carbocycles. The van der Waals surface area contributed by atoms with E-state index in [1.807, 2.05) is 0 Å². The summed E-state index contributed by atoms with van der Waals surface area (Å²) in [5.74, 6) is 0. The molecule has 2 nitrogen and oxygen atoms in total. The fourth-order valence-corrected chi connectivity index (χ4v) is 0.403. The van der Waals surface area contributed by atoms with E-state index >= 15 is 0 Å². The first-order valence-corrected chi connectivity index (χ1v) is 2.23. The van der Waals surface area contributed by atoms with E-state index in [0.717, 1.165) is 0 Å². The Morgan fingerprint density at radius 2 is 2.50 bits per heavy atom. The third-order valence-electron chi connectivity index (χ3n) is 0.540. The minimum absolute atomic E-state index is 0.0671. The van der Waals surface area contributed by atoms with Crippen LogP contribution in [0.15, 0.2) is 6.07 Å². The molecule has 0 aliphatic rings. The van der Waals surface area contributed by atoms with Crippen molar-refractivity contribution in [1.29, 1.82) is 0 Å². The minimum atomic E-state index is -0.850. The van der Waals surface area contributed by atoms with Crippen molar-refractivity contribution < 1.29 is 4.39 Å². The minimum Gasteiger partial charge on any atom is -0.200 e. The van der Waals surface area contributed by atoms with E-state index in [9.17, 15) is 4.39 Å². The molecule has 0 fully saturated rings. The summed E-state index contributed by atoms with van der Waals surface area (Å²) >= 11 is 5.22. The standard InChI is InChI=1S/C4HClFN2/c5-3-1-2-7-4(6)8-3/h1H. The van der Waals surface area contributed by atoms with E-state index in [1.54, 1.807) is 0 Å². The molecule has 0 bridgehead atoms. The van der Waals surface area contributed by atoms with E-state index < -0.39 is 6.08 Å². The van der Waals surface area contributed by atoms with Crippen LogP contribution in [0.2, 0.25) is 5.15 Å². The van der Waals surface area contributed by atoms with Crippen LogP contribution in [0.3, 0.4) is 0 Å². The third-order valence-corrected chi connectivity index (χ3v) is 0.733. The molecule has 1 aromatic rings. The first kappa shape index (κ1) is 5.44. The molecule has 0 N–H and O–H groups in total. The van der Waals surface area contributed by atoms with Crippen molar-refractivity contribution in [3.05, 3.63) is 23.5 Å². The van der Waals surface area contributed by atoms with Crippen LogP contribution in [-0.2, 0) is 0 Å². The molecule has 1 rings (SSSR count). The number of nitrogens with zero attached hydrogens (tertiary/aromatic N) is 2. The van der Waals surface area contributed by atoms with Crippen LogP contribution in [0, 0.1) is 12.3 Å². The first-order chi connectivity index (χ1) is 3.79. The molecule has 0 aliphatic heterocycles. The maximum Gasteiger partial charge on any atom is 0.310 e. The highest BCUT2D eigenvalue weighted by Gasteiger charge is 1.90. The molecular formula is C4HClFN2. The molecule has 4 heteroatoms. The average molecular weight is 132 g/mol. The van der Waals surface area contributed by atoms with Gasteiger partial charge in [0.2, 0.25) is 0 Å². The molecule has 41 valence electrons. The van der Waals surface area contributed by atoms with Gasteiger partial charge in [-0.15, -0.1) is 0 Å². The topological polar surface area (TPSA) is 25.8 Å². The van der Waals surface area contributed by atoms with Gasteiger partial charge >= 0.3 is 6.08 Å². The molecule has 0 spiro atoms. The molecule has 1 aromatic heterocycles. The Bertz CT molecular complexity index is 174. The summed E-state index contributed by atoms with van der Waals surface area (Å²) in [6.45, 7) is 0. The Labute approximate surface area is 50.3 Å². The summed E-state index contributed by atoms with van der Waals surface area (Å²) in [6, 6.07) is 1.28. The van der Waals surface area contributed by atoms with Gasteiger partial charge in [0.15, 0.2) is 0 Å². The normalized spacial score (nSPS) is 9.25. The second-order valence-electron chi connectivity index (χ2n) is 1.09. The molecule has 0 aromatic carbocycles. The molecule has 0 saturated heterocycles. The van der Waals surface area contributed by atoms with Gasteiger partial charge in [-0.3, -0.25) is 0 Å². The van der Waals surface area contributed by atoms with Crippen molar-refractivity contribution >= 4 is 11.6 Å². The van der Waals surface area contributed by atoms with E-state index in [-0.39, 0.29) is 5.15 Å². The fourth-order valence-electron chi connectivity index (χ4n) is 0.284. The first-order valence-electron chi connectivity index (χ1n) is 1.85. The zero-order valence-corrected chi connectivity index (χ0v) is 4.48. The maximum absolute atomic E-state index is 11.8. The second kappa shape index (κ2) is 2.05. The second-order valence-corrected chi connectivity index (χ2v) is 1.48. The van der Waals surface area contributed by atoms with Crippen LogP contribution in [0.4, 0.5) is 4.39 Å². The van der Waals surface area contributed by atoms with Crippen LogP contribution in [-0.4, -0.2) is 9.97 Å². The van der Waals surface area contributed by atoms with E-state index in [2.05, 4.69) is 16.2 Å². The van der Waals surface area contributed by atoms with Crippen molar-refractivity contribution in [3.63, 3.8) is 0 Å². The number of hydrogen-bond donors (Lipinski definition) is 0. The Balaban J connectivity index is 3.08. The Kier molecular flexibility index (Phi) is 1.39. The van der Waals surface area contributed by atoms with Crippen LogP contribution < -0.4 is 0 Å². The largest absolute Gasteiger partial charge is 0.310 e. The summed E-state index contributed by atoms with van der Waals surface area (Å²) in [5, 5.41) is 0.0671. The number of halogens is 2. The smallest absolute Gasteiger partial charge is 0.200 e. The van der Waals surface area contributed by atoms with Gasteiger partial charge < -0.3 is 0 Å². The van der Waals surface area contributed by atoms with Gasteiger partial charge in [0, 0.05) is 6.07 Å². The summed E-state index contributed by atoms with van der Waals surface area (Å²) in [6.07, 6.45) is 1.36. The van der Waals surface area contributed by atoms with Gasteiger partial charge in [-0.2, -0.15) is 9.37 Å². The molecule has 0 aliphatic carbocycles. The van der Waals surface area contributed by atoms with Gasteiger partial charge in [-0.25, -0.2) is 4.98 Å². The van der Waals surface area contributed by atoms with Crippen molar-refractivity contribution in [2.24, 2.45) is 0 Å². The summed E-state index contributed by atoms with van der Waals surface area (Å²) in [4.78, 5) is 6.18. The lowest BCUT2D eigenvalue weighted by molar-refractivity contribution is 0.538. The average Bonchev–Trinajstić information content (AvgIpc) is 1.64. The Morgan fingerprint density at radius 1 is 1.75 bits per heavy atom. The summed E-state index contributed by atoms with van der Waals surface area (Å²) in [5.41, 5.74) is 0. The van der Waals surface area contributed by atoms with E-state index in [4.69, 9.17) is 11.6 Å². The highest BCUT2D eigenvalue weighted by atomic mass is 35.5. The number of hydrogen-bond acceptors (Lipinski definition) is 2. The third kappa shape index (κ3) is 1.13. The number of aromatic nitrogens is 2. The molecule has 0 amide bonds. The lowest BCUT2D eigenvalue weighted by Gasteiger charge is -1.82. The fraction of sp³-hybridized carbons (Fsp3) is 0. The predicted molar refractivity (Wildman–Crippen MR) is 25.8 cm³/mol. The monoisotopic (exact) mass is 131 g/mol. The van der Waals surface area contributed by atoms with E-state index in [1.165, 1.54) is 6.07 Å². The van der Waals surface area contributed by atoms with Crippen molar-refractivity contribution in [3.8, 4) is 0 Å². The SMILES string of the molecule is Fc1n[c]cc(Cl)n1. The molecule has 1 heterocycles. The van der Waals surface area contributed by atoms with Crippen LogP contribution in [0.25, 0.3) is 0 Å². The summed E-state index contributed by atoms with van der Waals surface area (Å²) in [7, 11) is 0. The van der Waals surface area contributed by atoms with Gasteiger partial charge in [0.1, 0.15) is 5.15 Å². The lowest BCUT2D eigenvalue weighted by atomic mass is 10.7. The van der Waals surface area contributed by atoms with Crippen LogP contribution in [0.5, 0.6) is 0 Å². The Morgan fingerprint density at radius 3 is 2.88 bits per heavy atom. The predicted octanol–water partition coefficient (Wildman–Crippen LogP) is 1.07. The summed E-state index contributed by atoms with van der Waals surface area (Å²) < 4.78 is 11.8. The van der Waals surface area contributed by atoms with Crippen molar-refractivity contribution in [2.45, 2.75) is 0 Å². The maximum atomic E-state index is 11.8. The van der Waals surface area contributed by atoms with Gasteiger partial charge in [-0.05, 0) is 0 Å².